The van der Waals surface area contributed by atoms with E-state index < -0.39 is 0 Å². The summed E-state index contributed by atoms with van der Waals surface area (Å²) in [6, 6.07) is 12.9. The van der Waals surface area contributed by atoms with E-state index in [-0.39, 0.29) is 17.8 Å². The van der Waals surface area contributed by atoms with Crippen molar-refractivity contribution in [2.45, 2.75) is 36.7 Å². The molecule has 126 valence electrons. The molecule has 0 aromatic heterocycles. The van der Waals surface area contributed by atoms with Gasteiger partial charge in [0.1, 0.15) is 5.82 Å². The first kappa shape index (κ1) is 17.0. The summed E-state index contributed by atoms with van der Waals surface area (Å²) >= 11 is 1.85. The Kier molecular flexibility index (Phi) is 5.21. The lowest BCUT2D eigenvalue weighted by Crippen LogP contribution is -2.38. The molecule has 3 rings (SSSR count). The number of thioether (sulfide) groups is 1. The molecule has 2 unspecified atom stereocenters. The molecule has 1 heterocycles. The maximum Gasteiger partial charge on any atom is 0.234 e. The minimum Gasteiger partial charge on any atom is -0.368 e. The van der Waals surface area contributed by atoms with Crippen LogP contribution in [-0.4, -0.2) is 17.7 Å². The lowest BCUT2D eigenvalue weighted by atomic mass is 9.92. The number of fused-ring (bicyclic) bond motifs is 1. The Morgan fingerprint density at radius 2 is 2.17 bits per heavy atom. The van der Waals surface area contributed by atoms with E-state index in [0.717, 1.165) is 23.3 Å². The topological polar surface area (TPSA) is 55.1 Å². The Morgan fingerprint density at radius 1 is 1.33 bits per heavy atom. The molecular formula is C19H21FN2OS. The van der Waals surface area contributed by atoms with Crippen LogP contribution in [0.1, 0.15) is 29.5 Å². The van der Waals surface area contributed by atoms with Gasteiger partial charge in [-0.3, -0.25) is 4.79 Å². The molecule has 5 heteroatoms. The van der Waals surface area contributed by atoms with Gasteiger partial charge in [-0.2, -0.15) is 0 Å². The fourth-order valence-corrected chi connectivity index (χ4v) is 4.16. The van der Waals surface area contributed by atoms with Crippen molar-refractivity contribution in [2.24, 2.45) is 5.73 Å². The molecule has 2 aromatic carbocycles. The molecule has 1 aliphatic rings. The average molecular weight is 344 g/mol. The molecule has 24 heavy (non-hydrogen) atoms. The number of primary amides is 1. The number of amides is 1. The minimum absolute atomic E-state index is 0.184. The Morgan fingerprint density at radius 3 is 2.92 bits per heavy atom. The summed E-state index contributed by atoms with van der Waals surface area (Å²) in [7, 11) is 0. The molecule has 2 aromatic rings. The number of hydrogen-bond acceptors (Lipinski definition) is 3. The van der Waals surface area contributed by atoms with Crippen molar-refractivity contribution in [1.29, 1.82) is 0 Å². The van der Waals surface area contributed by atoms with E-state index in [2.05, 4.69) is 23.5 Å². The van der Waals surface area contributed by atoms with Crippen molar-refractivity contribution < 1.29 is 9.18 Å². The van der Waals surface area contributed by atoms with Crippen molar-refractivity contribution >= 4 is 17.7 Å². The second-order valence-electron chi connectivity index (χ2n) is 6.22. The molecular weight excluding hydrogens is 323 g/mol. The molecule has 1 aliphatic heterocycles. The summed E-state index contributed by atoms with van der Waals surface area (Å²) < 4.78 is 13.4. The van der Waals surface area contributed by atoms with Crippen molar-refractivity contribution in [3.8, 4) is 0 Å². The first-order valence-electron chi connectivity index (χ1n) is 8.05. The molecule has 0 radical (unpaired) electrons. The van der Waals surface area contributed by atoms with Gasteiger partial charge < -0.3 is 11.1 Å². The van der Waals surface area contributed by atoms with Crippen LogP contribution in [-0.2, 0) is 17.8 Å². The average Bonchev–Trinajstić information content (AvgIpc) is 2.95. The molecule has 3 nitrogen and oxygen atoms in total. The van der Waals surface area contributed by atoms with Gasteiger partial charge in [0, 0.05) is 17.2 Å². The molecule has 0 spiro atoms. The van der Waals surface area contributed by atoms with Gasteiger partial charge in [-0.25, -0.2) is 4.39 Å². The van der Waals surface area contributed by atoms with Crippen LogP contribution in [0.25, 0.3) is 0 Å². The number of carbonyl (C=O) groups is 1. The van der Waals surface area contributed by atoms with Gasteiger partial charge in [-0.15, -0.1) is 11.8 Å². The molecule has 1 amide bonds. The molecule has 3 N–H and O–H groups in total. The van der Waals surface area contributed by atoms with Crippen molar-refractivity contribution in [3.63, 3.8) is 0 Å². The summed E-state index contributed by atoms with van der Waals surface area (Å²) in [5.41, 5.74) is 8.75. The number of nitrogens with two attached hydrogens (primary N) is 1. The molecule has 2 atom stereocenters. The van der Waals surface area contributed by atoms with Crippen LogP contribution in [0.2, 0.25) is 0 Å². The van der Waals surface area contributed by atoms with Crippen LogP contribution in [0.15, 0.2) is 47.4 Å². The van der Waals surface area contributed by atoms with Crippen LogP contribution < -0.4 is 11.1 Å². The highest BCUT2D eigenvalue weighted by atomic mass is 32.2. The van der Waals surface area contributed by atoms with E-state index in [9.17, 15) is 9.18 Å². The Labute approximate surface area is 145 Å². The Balaban J connectivity index is 1.72. The summed E-state index contributed by atoms with van der Waals surface area (Å²) in [4.78, 5) is 12.4. The van der Waals surface area contributed by atoms with Crippen LogP contribution >= 0.6 is 11.8 Å². The number of nitrogens with one attached hydrogen (secondary N) is 1. The highest BCUT2D eigenvalue weighted by molar-refractivity contribution is 7.99. The van der Waals surface area contributed by atoms with Crippen LogP contribution in [0.3, 0.4) is 0 Å². The first-order chi connectivity index (χ1) is 11.5. The second kappa shape index (κ2) is 7.36. The van der Waals surface area contributed by atoms with Gasteiger partial charge in [0.25, 0.3) is 0 Å². The summed E-state index contributed by atoms with van der Waals surface area (Å²) in [5.74, 6) is 0.869. The predicted octanol–water partition coefficient (Wildman–Crippen LogP) is 3.22. The minimum atomic E-state index is -0.351. The fraction of sp³-hybridized carbons (Fsp3) is 0.316. The first-order valence-corrected chi connectivity index (χ1v) is 9.04. The predicted molar refractivity (Wildman–Crippen MR) is 95.5 cm³/mol. The zero-order valence-electron chi connectivity index (χ0n) is 13.6. The van der Waals surface area contributed by atoms with E-state index in [0.29, 0.717) is 12.5 Å². The molecule has 0 aliphatic carbocycles. The van der Waals surface area contributed by atoms with Crippen molar-refractivity contribution in [2.75, 3.05) is 5.75 Å². The van der Waals surface area contributed by atoms with E-state index in [1.165, 1.54) is 16.5 Å². The van der Waals surface area contributed by atoms with E-state index >= 15 is 0 Å². The highest BCUT2D eigenvalue weighted by Crippen LogP contribution is 2.41. The van der Waals surface area contributed by atoms with Gasteiger partial charge in [0.15, 0.2) is 0 Å². The smallest absolute Gasteiger partial charge is 0.234 e. The third-order valence-electron chi connectivity index (χ3n) is 4.36. The van der Waals surface area contributed by atoms with Crippen molar-refractivity contribution in [3.05, 3.63) is 65.0 Å². The quantitative estimate of drug-likeness (QED) is 0.846. The van der Waals surface area contributed by atoms with Gasteiger partial charge in [-0.1, -0.05) is 24.3 Å². The number of halogens is 1. The van der Waals surface area contributed by atoms with Gasteiger partial charge in [0.2, 0.25) is 5.91 Å². The van der Waals surface area contributed by atoms with Gasteiger partial charge in [-0.05, 0) is 54.2 Å². The number of carbonyl (C=O) groups excluding carboxylic acids is 1. The Bertz CT molecular complexity index is 750. The van der Waals surface area contributed by atoms with E-state index in [1.54, 1.807) is 19.1 Å². The van der Waals surface area contributed by atoms with Crippen LogP contribution in [0.4, 0.5) is 4.39 Å². The number of benzene rings is 2. The summed E-state index contributed by atoms with van der Waals surface area (Å²) in [5, 5.41) is 3.13. The zero-order valence-corrected chi connectivity index (χ0v) is 14.4. The molecule has 0 fully saturated rings. The lowest BCUT2D eigenvalue weighted by molar-refractivity contribution is -0.119. The number of rotatable bonds is 6. The molecule has 0 bridgehead atoms. The highest BCUT2D eigenvalue weighted by Gasteiger charge is 2.24. The maximum absolute atomic E-state index is 13.4. The maximum atomic E-state index is 13.4. The Hall–Kier alpha value is -1.85. The largest absolute Gasteiger partial charge is 0.368 e. The van der Waals surface area contributed by atoms with Crippen molar-refractivity contribution in [1.82, 2.24) is 5.32 Å². The SMILES string of the molecule is CC(NCc1ccc2c(c1)C(Cc1cccc(F)c1)CS2)C(N)=O. The van der Waals surface area contributed by atoms with Gasteiger partial charge in [0.05, 0.1) is 6.04 Å². The normalized spacial score (nSPS) is 17.5. The van der Waals surface area contributed by atoms with E-state index in [1.807, 2.05) is 17.8 Å². The van der Waals surface area contributed by atoms with E-state index in [4.69, 9.17) is 5.73 Å². The zero-order chi connectivity index (χ0) is 17.1. The van der Waals surface area contributed by atoms with Crippen LogP contribution in [0.5, 0.6) is 0 Å². The van der Waals surface area contributed by atoms with Gasteiger partial charge >= 0.3 is 0 Å². The monoisotopic (exact) mass is 344 g/mol. The second-order valence-corrected chi connectivity index (χ2v) is 7.28. The fourth-order valence-electron chi connectivity index (χ4n) is 2.93. The molecule has 0 saturated carbocycles. The summed E-state index contributed by atoms with van der Waals surface area (Å²) in [6.07, 6.45) is 0.840. The standard InChI is InChI=1S/C19H21FN2OS/c1-12(19(21)23)22-10-14-5-6-18-17(9-14)15(11-24-18)7-13-3-2-4-16(20)8-13/h2-6,8-9,12,15,22H,7,10-11H2,1H3,(H2,21,23). The third kappa shape index (κ3) is 3.97. The summed E-state index contributed by atoms with van der Waals surface area (Å²) in [6.45, 7) is 2.37. The number of hydrogen-bond donors (Lipinski definition) is 2. The molecule has 0 saturated heterocycles. The lowest BCUT2D eigenvalue weighted by Gasteiger charge is -2.14. The van der Waals surface area contributed by atoms with Crippen LogP contribution in [0, 0.1) is 5.82 Å². The third-order valence-corrected chi connectivity index (χ3v) is 5.62.